The highest BCUT2D eigenvalue weighted by molar-refractivity contribution is 5.09. The van der Waals surface area contributed by atoms with Crippen LogP contribution in [0.4, 0.5) is 0 Å². The third-order valence-corrected chi connectivity index (χ3v) is 3.16. The van der Waals surface area contributed by atoms with Crippen LogP contribution in [0.25, 0.3) is 0 Å². The smallest absolute Gasteiger partial charge is 0.164 e. The van der Waals surface area contributed by atoms with E-state index < -0.39 is 30.1 Å². The molecule has 17 heavy (non-hydrogen) atoms. The van der Waals surface area contributed by atoms with Crippen molar-refractivity contribution in [2.75, 3.05) is 13.1 Å². The van der Waals surface area contributed by atoms with E-state index in [2.05, 4.69) is 12.6 Å². The van der Waals surface area contributed by atoms with Crippen molar-refractivity contribution in [3.05, 3.63) is 12.7 Å². The molecule has 0 amide bonds. The van der Waals surface area contributed by atoms with Crippen molar-refractivity contribution < 1.29 is 14.6 Å². The zero-order valence-corrected chi connectivity index (χ0v) is 10.2. The molecule has 0 aromatic heterocycles. The largest absolute Gasteiger partial charge is 0.389 e. The second-order valence-corrected chi connectivity index (χ2v) is 4.95. The summed E-state index contributed by atoms with van der Waals surface area (Å²) in [6.07, 6.45) is 0.263. The first kappa shape index (κ1) is 12.5. The summed E-state index contributed by atoms with van der Waals surface area (Å²) in [6.45, 7) is 8.22. The lowest BCUT2D eigenvalue weighted by molar-refractivity contribution is -0.152. The first-order chi connectivity index (χ1) is 7.98. The van der Waals surface area contributed by atoms with Crippen molar-refractivity contribution in [2.24, 2.45) is 0 Å². The predicted molar refractivity (Wildman–Crippen MR) is 61.0 cm³/mol. The number of hydrogen-bond donors (Lipinski definition) is 1. The molecule has 94 valence electrons. The number of ether oxygens (including phenoxy) is 2. The molecule has 2 saturated heterocycles. The minimum atomic E-state index is -0.740. The molecule has 2 fully saturated rings. The summed E-state index contributed by atoms with van der Waals surface area (Å²) in [5.41, 5.74) is 0. The normalized spacial score (nSPS) is 40.6. The van der Waals surface area contributed by atoms with Crippen LogP contribution in [0.2, 0.25) is 0 Å². The van der Waals surface area contributed by atoms with Crippen molar-refractivity contribution in [3.8, 4) is 6.07 Å². The zero-order chi connectivity index (χ0) is 12.6. The molecule has 2 heterocycles. The summed E-state index contributed by atoms with van der Waals surface area (Å²) in [5.74, 6) is -0.740. The Morgan fingerprint density at radius 1 is 1.53 bits per heavy atom. The number of rotatable bonds is 2. The molecule has 0 bridgehead atoms. The maximum absolute atomic E-state index is 10.0. The van der Waals surface area contributed by atoms with Gasteiger partial charge in [0.25, 0.3) is 0 Å². The van der Waals surface area contributed by atoms with Gasteiger partial charge in [0.05, 0.1) is 12.2 Å². The molecular weight excluding hydrogens is 220 g/mol. The van der Waals surface area contributed by atoms with E-state index in [4.69, 9.17) is 9.47 Å². The van der Waals surface area contributed by atoms with Crippen LogP contribution < -0.4 is 0 Å². The van der Waals surface area contributed by atoms with Crippen molar-refractivity contribution in [1.82, 2.24) is 4.90 Å². The lowest BCUT2D eigenvalue weighted by atomic mass is 9.95. The minimum Gasteiger partial charge on any atom is -0.389 e. The minimum absolute atomic E-state index is 0.400. The molecule has 2 aliphatic heterocycles. The maximum atomic E-state index is 10.0. The van der Waals surface area contributed by atoms with Gasteiger partial charge < -0.3 is 14.6 Å². The SMILES string of the molecule is C=CCN1C[C@@H](O)[C@H]2OC(C)(C)O[C@H]2[C@@H]1C#N. The number of β-amino-alcohol motifs (C(OH)–C–C–N with tert-alkyl or cyclic N) is 1. The van der Waals surface area contributed by atoms with E-state index in [1.54, 1.807) is 19.9 Å². The van der Waals surface area contributed by atoms with Gasteiger partial charge in [0.1, 0.15) is 18.2 Å². The number of aliphatic hydroxyl groups excluding tert-OH is 1. The molecule has 0 aliphatic carbocycles. The molecule has 2 rings (SSSR count). The van der Waals surface area contributed by atoms with E-state index in [-0.39, 0.29) is 0 Å². The van der Waals surface area contributed by atoms with Gasteiger partial charge in [0.2, 0.25) is 0 Å². The number of nitrogens with zero attached hydrogens (tertiary/aromatic N) is 2. The van der Waals surface area contributed by atoms with Crippen LogP contribution in [-0.4, -0.2) is 53.2 Å². The number of likely N-dealkylation sites (tertiary alicyclic amines) is 1. The summed E-state index contributed by atoms with van der Waals surface area (Å²) in [4.78, 5) is 1.86. The highest BCUT2D eigenvalue weighted by Gasteiger charge is 2.53. The number of hydrogen-bond acceptors (Lipinski definition) is 5. The average Bonchev–Trinajstić information content (AvgIpc) is 2.55. The van der Waals surface area contributed by atoms with E-state index in [1.807, 2.05) is 4.90 Å². The summed E-state index contributed by atoms with van der Waals surface area (Å²) in [6, 6.07) is 1.83. The Morgan fingerprint density at radius 2 is 2.18 bits per heavy atom. The third kappa shape index (κ3) is 2.22. The van der Waals surface area contributed by atoms with Crippen LogP contribution in [0, 0.1) is 11.3 Å². The molecule has 0 saturated carbocycles. The van der Waals surface area contributed by atoms with Crippen LogP contribution in [0.5, 0.6) is 0 Å². The van der Waals surface area contributed by atoms with Crippen LogP contribution >= 0.6 is 0 Å². The molecule has 0 radical (unpaired) electrons. The summed E-state index contributed by atoms with van der Waals surface area (Å²) >= 11 is 0. The Morgan fingerprint density at radius 3 is 2.76 bits per heavy atom. The Labute approximate surface area is 101 Å². The number of fused-ring (bicyclic) bond motifs is 1. The number of aliphatic hydroxyl groups is 1. The van der Waals surface area contributed by atoms with E-state index in [0.717, 1.165) is 0 Å². The first-order valence-corrected chi connectivity index (χ1v) is 5.77. The highest BCUT2D eigenvalue weighted by atomic mass is 16.8. The van der Waals surface area contributed by atoms with Gasteiger partial charge >= 0.3 is 0 Å². The fourth-order valence-corrected chi connectivity index (χ4v) is 2.53. The van der Waals surface area contributed by atoms with Gasteiger partial charge in [0, 0.05) is 13.1 Å². The second-order valence-electron chi connectivity index (χ2n) is 4.95. The molecule has 0 unspecified atom stereocenters. The quantitative estimate of drug-likeness (QED) is 0.699. The average molecular weight is 238 g/mol. The second kappa shape index (κ2) is 4.39. The van der Waals surface area contributed by atoms with Crippen LogP contribution in [0.1, 0.15) is 13.8 Å². The van der Waals surface area contributed by atoms with E-state index in [0.29, 0.717) is 13.1 Å². The van der Waals surface area contributed by atoms with Crippen LogP contribution in [0.15, 0.2) is 12.7 Å². The van der Waals surface area contributed by atoms with Crippen molar-refractivity contribution in [1.29, 1.82) is 5.26 Å². The molecule has 2 aliphatic rings. The number of piperidine rings is 1. The molecule has 1 N–H and O–H groups in total. The third-order valence-electron chi connectivity index (χ3n) is 3.16. The van der Waals surface area contributed by atoms with Crippen molar-refractivity contribution >= 4 is 0 Å². The first-order valence-electron chi connectivity index (χ1n) is 5.77. The molecule has 5 heteroatoms. The van der Waals surface area contributed by atoms with E-state index >= 15 is 0 Å². The lowest BCUT2D eigenvalue weighted by Gasteiger charge is -2.39. The fourth-order valence-electron chi connectivity index (χ4n) is 2.53. The van der Waals surface area contributed by atoms with Gasteiger partial charge in [-0.25, -0.2) is 0 Å². The Balaban J connectivity index is 2.22. The van der Waals surface area contributed by atoms with Crippen LogP contribution in [0.3, 0.4) is 0 Å². The van der Waals surface area contributed by atoms with Gasteiger partial charge in [-0.1, -0.05) is 6.08 Å². The van der Waals surface area contributed by atoms with Crippen LogP contribution in [-0.2, 0) is 9.47 Å². The van der Waals surface area contributed by atoms with Gasteiger partial charge in [0.15, 0.2) is 5.79 Å². The molecular formula is C12H18N2O3. The van der Waals surface area contributed by atoms with Gasteiger partial charge in [-0.3, -0.25) is 4.90 Å². The van der Waals surface area contributed by atoms with E-state index in [1.165, 1.54) is 0 Å². The molecule has 5 nitrogen and oxygen atoms in total. The van der Waals surface area contributed by atoms with Gasteiger partial charge in [-0.2, -0.15) is 5.26 Å². The predicted octanol–water partition coefficient (Wildman–Crippen LogP) is 0.261. The highest BCUT2D eigenvalue weighted by Crippen LogP contribution is 2.36. The summed E-state index contributed by atoms with van der Waals surface area (Å²) < 4.78 is 11.4. The van der Waals surface area contributed by atoms with Crippen molar-refractivity contribution in [2.45, 2.75) is 44.0 Å². The molecule has 0 spiro atoms. The molecule has 0 aromatic carbocycles. The molecule has 4 atom stereocenters. The zero-order valence-electron chi connectivity index (χ0n) is 10.2. The standard InChI is InChI=1S/C12H18N2O3/c1-4-5-14-7-9(15)11-10(8(14)6-13)16-12(2,3)17-11/h4,8-11,15H,1,5,7H2,2-3H3/t8-,9+,10-,11+/m0/s1. The van der Waals surface area contributed by atoms with Crippen molar-refractivity contribution in [3.63, 3.8) is 0 Å². The lowest BCUT2D eigenvalue weighted by Crippen LogP contribution is -2.59. The van der Waals surface area contributed by atoms with Gasteiger partial charge in [-0.05, 0) is 13.8 Å². The Hall–Kier alpha value is -0.930. The van der Waals surface area contributed by atoms with E-state index in [9.17, 15) is 10.4 Å². The summed E-state index contributed by atoms with van der Waals surface area (Å²) in [7, 11) is 0. The fraction of sp³-hybridized carbons (Fsp3) is 0.750. The topological polar surface area (TPSA) is 65.7 Å². The Bertz CT molecular complexity index is 350. The van der Waals surface area contributed by atoms with Gasteiger partial charge in [-0.15, -0.1) is 6.58 Å². The number of nitriles is 1. The molecule has 0 aromatic rings. The Kier molecular flexibility index (Phi) is 3.23. The monoisotopic (exact) mass is 238 g/mol. The summed E-state index contributed by atoms with van der Waals surface area (Å²) in [5, 5.41) is 19.3. The maximum Gasteiger partial charge on any atom is 0.164 e.